The molecule has 10 aromatic rings. The fraction of sp³-hybridized carbons (Fsp3) is 0.0492. The Kier molecular flexibility index (Phi) is 7.70. The molecular weight excluding hydrogens is 795 g/mol. The van der Waals surface area contributed by atoms with E-state index in [9.17, 15) is 0 Å². The quantitative estimate of drug-likeness (QED) is 0.173. The Balaban J connectivity index is 0.864. The highest BCUT2D eigenvalue weighted by molar-refractivity contribution is 5.99. The number of allylic oxidation sites excluding steroid dienone is 1. The molecule has 4 nitrogen and oxygen atoms in total. The molecular formula is C61H39NO3. The van der Waals surface area contributed by atoms with Crippen LogP contribution >= 0.6 is 0 Å². The van der Waals surface area contributed by atoms with Crippen LogP contribution in [0.2, 0.25) is 0 Å². The summed E-state index contributed by atoms with van der Waals surface area (Å²) in [7, 11) is 0. The molecule has 0 fully saturated rings. The van der Waals surface area contributed by atoms with Crippen molar-refractivity contribution < 1.29 is 13.9 Å². The van der Waals surface area contributed by atoms with E-state index >= 15 is 0 Å². The molecule has 0 bridgehead atoms. The van der Waals surface area contributed by atoms with Gasteiger partial charge in [-0.15, -0.1) is 0 Å². The molecule has 14 rings (SSSR count). The van der Waals surface area contributed by atoms with Gasteiger partial charge in [-0.3, -0.25) is 0 Å². The Hall–Kier alpha value is -8.34. The molecule has 1 aromatic heterocycles. The van der Waals surface area contributed by atoms with Crippen molar-refractivity contribution in [3.05, 3.63) is 251 Å². The van der Waals surface area contributed by atoms with E-state index in [1.54, 1.807) is 0 Å². The topological polar surface area (TPSA) is 34.8 Å². The molecule has 65 heavy (non-hydrogen) atoms. The molecule has 4 heteroatoms. The monoisotopic (exact) mass is 833 g/mol. The maximum atomic E-state index is 6.92. The van der Waals surface area contributed by atoms with Gasteiger partial charge < -0.3 is 18.8 Å². The summed E-state index contributed by atoms with van der Waals surface area (Å²) in [6, 6.07) is 73.9. The summed E-state index contributed by atoms with van der Waals surface area (Å²) < 4.78 is 20.2. The summed E-state index contributed by atoms with van der Waals surface area (Å²) >= 11 is 0. The molecule has 0 radical (unpaired) electrons. The van der Waals surface area contributed by atoms with Gasteiger partial charge in [0.2, 0.25) is 0 Å². The number of anilines is 3. The number of nitrogens with zero attached hydrogens (tertiary/aromatic N) is 1. The Labute approximate surface area is 376 Å². The highest BCUT2D eigenvalue weighted by Crippen LogP contribution is 2.64. The first-order valence-corrected chi connectivity index (χ1v) is 22.5. The molecule has 9 aromatic carbocycles. The minimum atomic E-state index is -0.459. The average molecular weight is 834 g/mol. The predicted molar refractivity (Wildman–Crippen MR) is 261 cm³/mol. The number of hydrogen-bond acceptors (Lipinski definition) is 4. The lowest BCUT2D eigenvalue weighted by Crippen LogP contribution is -2.25. The fourth-order valence-electron chi connectivity index (χ4n) is 11.3. The van der Waals surface area contributed by atoms with Crippen molar-refractivity contribution in [2.45, 2.75) is 18.3 Å². The van der Waals surface area contributed by atoms with Crippen LogP contribution in [0.5, 0.6) is 23.0 Å². The van der Waals surface area contributed by atoms with E-state index in [2.05, 4.69) is 211 Å². The van der Waals surface area contributed by atoms with Crippen LogP contribution in [-0.2, 0) is 11.8 Å². The van der Waals surface area contributed by atoms with Crippen LogP contribution in [0.25, 0.3) is 49.9 Å². The van der Waals surface area contributed by atoms with Crippen molar-refractivity contribution >= 4 is 33.6 Å². The Morgan fingerprint density at radius 2 is 1.03 bits per heavy atom. The first-order chi connectivity index (χ1) is 32.2. The van der Waals surface area contributed by atoms with Gasteiger partial charge in [0.1, 0.15) is 11.3 Å². The van der Waals surface area contributed by atoms with Gasteiger partial charge in [-0.25, -0.2) is 0 Å². The lowest BCUT2D eigenvalue weighted by Gasteiger charge is -2.31. The summed E-state index contributed by atoms with van der Waals surface area (Å²) in [5.74, 6) is 3.86. The fourth-order valence-corrected chi connectivity index (χ4v) is 11.3. The summed E-state index contributed by atoms with van der Waals surface area (Å²) in [6.07, 6.45) is 4.21. The highest BCUT2D eigenvalue weighted by Gasteiger charge is 2.52. The van der Waals surface area contributed by atoms with E-state index < -0.39 is 5.41 Å². The Morgan fingerprint density at radius 3 is 1.82 bits per heavy atom. The molecule has 0 amide bonds. The van der Waals surface area contributed by atoms with Gasteiger partial charge in [-0.05, 0) is 128 Å². The second kappa shape index (κ2) is 13.8. The van der Waals surface area contributed by atoms with Crippen LogP contribution in [0.4, 0.5) is 17.1 Å². The van der Waals surface area contributed by atoms with Crippen LogP contribution in [0.15, 0.2) is 217 Å². The van der Waals surface area contributed by atoms with E-state index in [1.165, 1.54) is 55.6 Å². The molecule has 1 spiro atoms. The van der Waals surface area contributed by atoms with Crippen molar-refractivity contribution in [2.75, 3.05) is 4.90 Å². The number of para-hydroxylation sites is 3. The number of furan rings is 1. The number of ether oxygens (including phenoxy) is 2. The van der Waals surface area contributed by atoms with Gasteiger partial charge in [0.05, 0.1) is 11.1 Å². The molecule has 3 aliphatic carbocycles. The van der Waals surface area contributed by atoms with Gasteiger partial charge in [-0.1, -0.05) is 152 Å². The zero-order valence-electron chi connectivity index (χ0n) is 35.3. The lowest BCUT2D eigenvalue weighted by molar-refractivity contribution is 0.359. The van der Waals surface area contributed by atoms with Crippen LogP contribution in [0, 0.1) is 0 Å². The van der Waals surface area contributed by atoms with Gasteiger partial charge in [0, 0.05) is 34.3 Å². The highest BCUT2D eigenvalue weighted by atomic mass is 16.6. The Morgan fingerprint density at radius 1 is 0.415 bits per heavy atom. The predicted octanol–water partition coefficient (Wildman–Crippen LogP) is 16.2. The van der Waals surface area contributed by atoms with E-state index in [1.807, 2.05) is 6.07 Å². The van der Waals surface area contributed by atoms with E-state index in [-0.39, 0.29) is 0 Å². The maximum absolute atomic E-state index is 6.92. The van der Waals surface area contributed by atoms with Gasteiger partial charge in [0.15, 0.2) is 23.0 Å². The standard InChI is InChI=1S/C61H39NO3/c1-2-17-40(18-3-1)62(41-19-14-16-38(34-41)43-25-15-31-56-60(43)47-24-8-13-30-54(47)63-56)53-29-12-7-20-42(53)39-32-33-55-57(35-39)65-58-36-48-46-23-6-11-28-51(46)61(52(48)37-59(58)64-55)49-26-9-4-21-44(49)45-22-5-10-27-50(45)61/h1-14,16-30,32-37H,15,31H2. The van der Waals surface area contributed by atoms with Crippen LogP contribution < -0.4 is 14.4 Å². The number of benzene rings is 9. The average Bonchev–Trinajstić information content (AvgIpc) is 4.00. The molecule has 2 heterocycles. The van der Waals surface area contributed by atoms with Gasteiger partial charge in [-0.2, -0.15) is 0 Å². The van der Waals surface area contributed by atoms with Crippen molar-refractivity contribution in [1.29, 1.82) is 0 Å². The molecule has 0 N–H and O–H groups in total. The second-order valence-electron chi connectivity index (χ2n) is 17.4. The maximum Gasteiger partial charge on any atom is 0.170 e. The number of aryl methyl sites for hydroxylation is 1. The third kappa shape index (κ3) is 5.19. The SMILES string of the molecule is C1=C(c2cccc(N(c3ccccc3)c3ccccc3-c3ccc4c(c3)Oc3cc5c(cc3O4)C3(c4ccccc4-c4ccccc43)c3ccccc3-5)c2)c2c(oc3ccccc23)CC1. The number of fused-ring (bicyclic) bond motifs is 15. The molecule has 0 atom stereocenters. The first-order valence-electron chi connectivity index (χ1n) is 22.5. The first kappa shape index (κ1) is 36.2. The number of rotatable bonds is 5. The smallest absolute Gasteiger partial charge is 0.170 e. The zero-order valence-corrected chi connectivity index (χ0v) is 35.3. The molecule has 0 saturated heterocycles. The largest absolute Gasteiger partial charge is 0.460 e. The molecule has 0 unspecified atom stereocenters. The molecule has 4 aliphatic rings. The van der Waals surface area contributed by atoms with Crippen LogP contribution in [0.3, 0.4) is 0 Å². The molecule has 306 valence electrons. The third-order valence-corrected chi connectivity index (χ3v) is 14.0. The van der Waals surface area contributed by atoms with Gasteiger partial charge in [0.25, 0.3) is 0 Å². The third-order valence-electron chi connectivity index (χ3n) is 14.0. The second-order valence-corrected chi connectivity index (χ2v) is 17.4. The van der Waals surface area contributed by atoms with Crippen LogP contribution in [0.1, 0.15) is 45.6 Å². The summed E-state index contributed by atoms with van der Waals surface area (Å²) in [5.41, 5.74) is 19.4. The zero-order chi connectivity index (χ0) is 42.6. The Bertz CT molecular complexity index is 3590. The molecule has 1 aliphatic heterocycles. The van der Waals surface area contributed by atoms with Gasteiger partial charge >= 0.3 is 0 Å². The summed E-state index contributed by atoms with van der Waals surface area (Å²) in [4.78, 5) is 2.36. The summed E-state index contributed by atoms with van der Waals surface area (Å²) in [6.45, 7) is 0. The molecule has 0 saturated carbocycles. The minimum Gasteiger partial charge on any atom is -0.460 e. The van der Waals surface area contributed by atoms with E-state index in [4.69, 9.17) is 13.9 Å². The van der Waals surface area contributed by atoms with E-state index in [0.29, 0.717) is 17.2 Å². The van der Waals surface area contributed by atoms with Crippen molar-refractivity contribution in [1.82, 2.24) is 0 Å². The normalized spacial score (nSPS) is 14.2. The van der Waals surface area contributed by atoms with Crippen molar-refractivity contribution in [2.24, 2.45) is 0 Å². The minimum absolute atomic E-state index is 0.459. The van der Waals surface area contributed by atoms with Crippen LogP contribution in [-0.4, -0.2) is 0 Å². The lowest BCUT2D eigenvalue weighted by atomic mass is 9.70. The number of hydrogen-bond donors (Lipinski definition) is 0. The summed E-state index contributed by atoms with van der Waals surface area (Å²) in [5, 5.41) is 1.16. The van der Waals surface area contributed by atoms with E-state index in [0.717, 1.165) is 69.1 Å². The van der Waals surface area contributed by atoms with Crippen molar-refractivity contribution in [3.8, 4) is 56.4 Å². The van der Waals surface area contributed by atoms with Crippen molar-refractivity contribution in [3.63, 3.8) is 0 Å².